The number of ether oxygens (including phenoxy) is 2. The van der Waals surface area contributed by atoms with Crippen molar-refractivity contribution in [3.63, 3.8) is 0 Å². The topological polar surface area (TPSA) is 113 Å². The Morgan fingerprint density at radius 3 is 2.83 bits per heavy atom. The molecule has 2 atom stereocenters. The number of rotatable bonds is 1. The molecule has 0 fully saturated rings. The van der Waals surface area contributed by atoms with Crippen molar-refractivity contribution in [2.75, 3.05) is 12.3 Å². The Morgan fingerprint density at radius 1 is 1.27 bits per heavy atom. The molecule has 30 heavy (non-hydrogen) atoms. The minimum absolute atomic E-state index is 0.0963. The van der Waals surface area contributed by atoms with Crippen molar-refractivity contribution >= 4 is 21.4 Å². The first-order valence-electron chi connectivity index (χ1n) is 9.22. The van der Waals surface area contributed by atoms with Crippen LogP contribution < -0.4 is 20.3 Å². The van der Waals surface area contributed by atoms with Crippen LogP contribution in [0.15, 0.2) is 47.5 Å². The molecule has 1 aromatic heterocycles. The van der Waals surface area contributed by atoms with E-state index >= 15 is 0 Å². The van der Waals surface area contributed by atoms with E-state index in [4.69, 9.17) is 20.3 Å². The van der Waals surface area contributed by atoms with E-state index in [9.17, 15) is 8.60 Å². The minimum atomic E-state index is -2.91. The Hall–Kier alpha value is -3.17. The molecule has 3 aromatic rings. The van der Waals surface area contributed by atoms with Crippen molar-refractivity contribution in [1.82, 2.24) is 9.97 Å². The predicted octanol–water partition coefficient (Wildman–Crippen LogP) is 2.89. The zero-order valence-electron chi connectivity index (χ0n) is 16.3. The van der Waals surface area contributed by atoms with E-state index in [-0.39, 0.29) is 11.7 Å². The summed E-state index contributed by atoms with van der Waals surface area (Å²) in [4.78, 5) is 9.10. The second-order valence-electron chi connectivity index (χ2n) is 7.03. The molecule has 7 nitrogen and oxygen atoms in total. The van der Waals surface area contributed by atoms with Crippen LogP contribution >= 0.6 is 0 Å². The first-order chi connectivity index (χ1) is 14.2. The van der Waals surface area contributed by atoms with Crippen molar-refractivity contribution < 1.29 is 18.1 Å². The average molecular weight is 428 g/mol. The summed E-state index contributed by atoms with van der Waals surface area (Å²) in [6, 6.07) is 9.44. The SMILES string of the molecule is C=S(N)(=O)c1ccc2c(c1)-c1cnc(N)c(n1)OC(C)c1cc(F)ccc1OCC2. The van der Waals surface area contributed by atoms with Gasteiger partial charge in [-0.25, -0.2) is 18.6 Å². The van der Waals surface area contributed by atoms with Gasteiger partial charge in [-0.2, -0.15) is 0 Å². The van der Waals surface area contributed by atoms with Gasteiger partial charge in [0.1, 0.15) is 17.7 Å². The number of aromatic nitrogens is 2. The van der Waals surface area contributed by atoms with Gasteiger partial charge >= 0.3 is 0 Å². The Balaban J connectivity index is 1.88. The minimum Gasteiger partial charge on any atom is -0.493 e. The normalized spacial score (nSPS) is 17.8. The molecular weight excluding hydrogens is 407 g/mol. The predicted molar refractivity (Wildman–Crippen MR) is 114 cm³/mol. The zero-order chi connectivity index (χ0) is 21.5. The van der Waals surface area contributed by atoms with Crippen LogP contribution in [0.3, 0.4) is 0 Å². The van der Waals surface area contributed by atoms with Crippen LogP contribution in [-0.4, -0.2) is 26.7 Å². The summed E-state index contributed by atoms with van der Waals surface area (Å²) in [6.07, 6.45) is 1.44. The van der Waals surface area contributed by atoms with Gasteiger partial charge < -0.3 is 15.2 Å². The molecular formula is C21H21FN4O3S. The monoisotopic (exact) mass is 428 g/mol. The van der Waals surface area contributed by atoms with Crippen molar-refractivity contribution in [3.8, 4) is 22.9 Å². The smallest absolute Gasteiger partial charge is 0.258 e. The van der Waals surface area contributed by atoms with E-state index in [1.165, 1.54) is 18.3 Å². The van der Waals surface area contributed by atoms with Gasteiger partial charge in [0, 0.05) is 22.4 Å². The molecule has 4 rings (SSSR count). The van der Waals surface area contributed by atoms with Gasteiger partial charge in [-0.15, -0.1) is 0 Å². The lowest BCUT2D eigenvalue weighted by Crippen LogP contribution is -2.14. The standard InChI is InChI=1S/C21H21FN4O3S/c1-12-16-9-14(22)4-6-19(16)28-8-7-13-3-5-15(30(2,24)27)10-17(13)18-11-25-20(23)21(26-18)29-12/h3-6,9-12H,2,7-8H2,1H3,(H2,23,25)(H2,24,27). The average Bonchev–Trinajstić information content (AvgIpc) is 2.69. The number of halogens is 1. The lowest BCUT2D eigenvalue weighted by atomic mass is 10.0. The van der Waals surface area contributed by atoms with Gasteiger partial charge in [-0.1, -0.05) is 6.07 Å². The van der Waals surface area contributed by atoms with Crippen LogP contribution in [0.4, 0.5) is 10.2 Å². The van der Waals surface area contributed by atoms with E-state index in [0.717, 1.165) is 5.56 Å². The molecule has 9 heteroatoms. The van der Waals surface area contributed by atoms with Crippen LogP contribution in [0.5, 0.6) is 11.6 Å². The molecule has 0 radical (unpaired) electrons. The van der Waals surface area contributed by atoms with Gasteiger partial charge in [-0.3, -0.25) is 5.14 Å². The molecule has 2 heterocycles. The first kappa shape index (κ1) is 20.1. The van der Waals surface area contributed by atoms with Crippen molar-refractivity contribution in [3.05, 3.63) is 59.5 Å². The molecule has 0 saturated carbocycles. The Morgan fingerprint density at radius 2 is 2.07 bits per heavy atom. The van der Waals surface area contributed by atoms with Gasteiger partial charge in [0.05, 0.1) is 28.2 Å². The molecule has 0 amide bonds. The van der Waals surface area contributed by atoms with Crippen molar-refractivity contribution in [2.45, 2.75) is 24.3 Å². The maximum absolute atomic E-state index is 13.9. The fraction of sp³-hybridized carbons (Fsp3) is 0.190. The largest absolute Gasteiger partial charge is 0.493 e. The maximum Gasteiger partial charge on any atom is 0.258 e. The highest BCUT2D eigenvalue weighted by atomic mass is 32.2. The molecule has 0 saturated heterocycles. The van der Waals surface area contributed by atoms with Gasteiger partial charge in [0.2, 0.25) is 0 Å². The third kappa shape index (κ3) is 3.94. The first-order valence-corrected chi connectivity index (χ1v) is 11.0. The number of hydrogen-bond acceptors (Lipinski definition) is 6. The summed E-state index contributed by atoms with van der Waals surface area (Å²) >= 11 is 0. The highest BCUT2D eigenvalue weighted by Crippen LogP contribution is 2.34. The Kier molecular flexibility index (Phi) is 5.08. The lowest BCUT2D eigenvalue weighted by molar-refractivity contribution is 0.208. The lowest BCUT2D eigenvalue weighted by Gasteiger charge is -2.21. The van der Waals surface area contributed by atoms with E-state index in [2.05, 4.69) is 15.8 Å². The highest BCUT2D eigenvalue weighted by molar-refractivity contribution is 7.98. The van der Waals surface area contributed by atoms with Crippen LogP contribution in [0.2, 0.25) is 0 Å². The third-order valence-corrected chi connectivity index (χ3v) is 5.90. The van der Waals surface area contributed by atoms with Crippen molar-refractivity contribution in [2.24, 2.45) is 5.14 Å². The fourth-order valence-corrected chi connectivity index (χ4v) is 3.91. The second-order valence-corrected chi connectivity index (χ2v) is 8.96. The number of fused-ring (bicyclic) bond motifs is 5. The summed E-state index contributed by atoms with van der Waals surface area (Å²) in [6.45, 7) is 2.08. The second kappa shape index (κ2) is 7.58. The Labute approximate surface area is 174 Å². The van der Waals surface area contributed by atoms with Crippen LogP contribution in [0.1, 0.15) is 24.2 Å². The summed E-state index contributed by atoms with van der Waals surface area (Å²) in [7, 11) is -2.91. The van der Waals surface area contributed by atoms with Crippen LogP contribution in [-0.2, 0) is 16.1 Å². The highest BCUT2D eigenvalue weighted by Gasteiger charge is 2.20. The molecule has 1 aliphatic rings. The molecule has 0 spiro atoms. The summed E-state index contributed by atoms with van der Waals surface area (Å²) in [5, 5.41) is 5.73. The number of benzene rings is 2. The zero-order valence-corrected chi connectivity index (χ0v) is 17.1. The summed E-state index contributed by atoms with van der Waals surface area (Å²) < 4.78 is 38.0. The molecule has 1 aliphatic heterocycles. The number of anilines is 1. The van der Waals surface area contributed by atoms with Gasteiger partial charge in [0.25, 0.3) is 5.88 Å². The summed E-state index contributed by atoms with van der Waals surface area (Å²) in [5.74, 6) is 3.86. The molecule has 2 aromatic carbocycles. The number of nitrogens with two attached hydrogens (primary N) is 2. The molecule has 156 valence electrons. The van der Waals surface area contributed by atoms with Crippen LogP contribution in [0.25, 0.3) is 11.3 Å². The van der Waals surface area contributed by atoms with E-state index in [1.54, 1.807) is 25.1 Å². The number of hydrogen-bond donors (Lipinski definition) is 2. The Bertz CT molecular complexity index is 1230. The van der Waals surface area contributed by atoms with Gasteiger partial charge in [0.15, 0.2) is 5.82 Å². The van der Waals surface area contributed by atoms with E-state index < -0.39 is 21.6 Å². The van der Waals surface area contributed by atoms with Crippen LogP contribution in [0, 0.1) is 5.82 Å². The van der Waals surface area contributed by atoms with Crippen molar-refractivity contribution in [1.29, 1.82) is 0 Å². The molecule has 0 aliphatic carbocycles. The third-order valence-electron chi connectivity index (χ3n) is 4.85. The molecule has 2 bridgehead atoms. The number of nitrogens with zero attached hydrogens (tertiary/aromatic N) is 2. The fourth-order valence-electron chi connectivity index (χ4n) is 3.30. The summed E-state index contributed by atoms with van der Waals surface area (Å²) in [5.41, 5.74) is 8.55. The quantitative estimate of drug-likeness (QED) is 0.576. The van der Waals surface area contributed by atoms with Gasteiger partial charge in [-0.05, 0) is 48.7 Å². The molecule has 2 unspecified atom stereocenters. The van der Waals surface area contributed by atoms with E-state index in [1.807, 2.05) is 6.07 Å². The molecule has 4 N–H and O–H groups in total. The van der Waals surface area contributed by atoms with E-state index in [0.29, 0.717) is 40.5 Å². The number of nitrogen functional groups attached to an aromatic ring is 1. The maximum atomic E-state index is 13.9.